The molecule has 1 aromatic carbocycles. The molecule has 4 nitrogen and oxygen atoms in total. The Hall–Kier alpha value is -2.62. The molecule has 0 fully saturated rings. The van der Waals surface area contributed by atoms with Crippen molar-refractivity contribution >= 4 is 23.9 Å². The average Bonchev–Trinajstić information content (AvgIpc) is 2.61. The van der Waals surface area contributed by atoms with E-state index in [1.807, 2.05) is 90.1 Å². The zero-order valence-corrected chi connectivity index (χ0v) is 16.9. The van der Waals surface area contributed by atoms with E-state index >= 15 is 0 Å². The first-order valence-electron chi connectivity index (χ1n) is 8.93. The standard InChI is InChI=1S/C20H24N2O2.C2H6/c1-15-17(7-6-14-21-15)11-8-16-9-12-18(13-10-16)22(5)19(23)24-20(2,3)4;1-2/h6-14H,1-5H3;1-2H3/b11-8+;. The van der Waals surface area contributed by atoms with Crippen LogP contribution in [0.15, 0.2) is 42.6 Å². The van der Waals surface area contributed by atoms with E-state index in [0.29, 0.717) is 0 Å². The fourth-order valence-electron chi connectivity index (χ4n) is 2.10. The summed E-state index contributed by atoms with van der Waals surface area (Å²) in [6, 6.07) is 11.7. The van der Waals surface area contributed by atoms with Gasteiger partial charge in [-0.1, -0.05) is 44.2 Å². The van der Waals surface area contributed by atoms with Crippen LogP contribution in [0.2, 0.25) is 0 Å². The predicted octanol–water partition coefficient (Wildman–Crippen LogP) is 5.96. The maximum atomic E-state index is 12.1. The van der Waals surface area contributed by atoms with E-state index in [1.54, 1.807) is 13.2 Å². The average molecular weight is 354 g/mol. The normalized spacial score (nSPS) is 10.9. The number of rotatable bonds is 3. The van der Waals surface area contributed by atoms with E-state index in [0.717, 1.165) is 22.5 Å². The number of ether oxygens (including phenoxy) is 1. The van der Waals surface area contributed by atoms with Crippen molar-refractivity contribution in [1.82, 2.24) is 4.98 Å². The van der Waals surface area contributed by atoms with Crippen LogP contribution in [0.3, 0.4) is 0 Å². The molecule has 0 radical (unpaired) electrons. The highest BCUT2D eigenvalue weighted by molar-refractivity contribution is 5.87. The number of benzene rings is 1. The quantitative estimate of drug-likeness (QED) is 0.683. The van der Waals surface area contributed by atoms with Gasteiger partial charge in [0.05, 0.1) is 0 Å². The van der Waals surface area contributed by atoms with E-state index < -0.39 is 5.60 Å². The zero-order chi connectivity index (χ0) is 19.7. The van der Waals surface area contributed by atoms with E-state index in [-0.39, 0.29) is 6.09 Å². The van der Waals surface area contributed by atoms with Crippen molar-refractivity contribution in [3.63, 3.8) is 0 Å². The molecule has 2 aromatic rings. The SMILES string of the molecule is CC.Cc1ncccc1/C=C/c1ccc(N(C)C(=O)OC(C)(C)C)cc1. The number of carbonyl (C=O) groups is 1. The van der Waals surface area contributed by atoms with E-state index in [1.165, 1.54) is 4.90 Å². The number of anilines is 1. The van der Waals surface area contributed by atoms with Crippen molar-refractivity contribution in [2.75, 3.05) is 11.9 Å². The number of hydrogen-bond donors (Lipinski definition) is 0. The largest absolute Gasteiger partial charge is 0.443 e. The van der Waals surface area contributed by atoms with Crippen LogP contribution in [-0.4, -0.2) is 23.7 Å². The molecule has 0 bridgehead atoms. The number of carbonyl (C=O) groups excluding carboxylic acids is 1. The molecule has 1 amide bonds. The Bertz CT molecular complexity index is 729. The number of amides is 1. The van der Waals surface area contributed by atoms with Gasteiger partial charge in [0.2, 0.25) is 0 Å². The van der Waals surface area contributed by atoms with Gasteiger partial charge in [-0.3, -0.25) is 9.88 Å². The van der Waals surface area contributed by atoms with Gasteiger partial charge in [-0.25, -0.2) is 4.79 Å². The van der Waals surface area contributed by atoms with Crippen LogP contribution in [0.5, 0.6) is 0 Å². The van der Waals surface area contributed by atoms with Gasteiger partial charge in [0.1, 0.15) is 5.60 Å². The molecule has 0 unspecified atom stereocenters. The summed E-state index contributed by atoms with van der Waals surface area (Å²) in [6.45, 7) is 11.5. The third-order valence-electron chi connectivity index (χ3n) is 3.45. The van der Waals surface area contributed by atoms with Gasteiger partial charge in [-0.05, 0) is 57.0 Å². The minimum Gasteiger partial charge on any atom is -0.443 e. The molecular weight excluding hydrogens is 324 g/mol. The van der Waals surface area contributed by atoms with Crippen molar-refractivity contribution in [3.05, 3.63) is 59.4 Å². The molecule has 0 spiro atoms. The van der Waals surface area contributed by atoms with Crippen molar-refractivity contribution in [3.8, 4) is 0 Å². The van der Waals surface area contributed by atoms with E-state index in [4.69, 9.17) is 4.74 Å². The topological polar surface area (TPSA) is 42.4 Å². The Labute approximate surface area is 157 Å². The molecule has 4 heteroatoms. The summed E-state index contributed by atoms with van der Waals surface area (Å²) in [5, 5.41) is 0. The molecule has 0 saturated heterocycles. The van der Waals surface area contributed by atoms with Crippen LogP contribution in [0.25, 0.3) is 12.2 Å². The van der Waals surface area contributed by atoms with Gasteiger partial charge in [0, 0.05) is 24.6 Å². The van der Waals surface area contributed by atoms with Crippen molar-refractivity contribution in [2.45, 2.75) is 47.1 Å². The molecule has 0 atom stereocenters. The second kappa shape index (κ2) is 9.76. The first-order valence-corrected chi connectivity index (χ1v) is 8.93. The smallest absolute Gasteiger partial charge is 0.414 e. The van der Waals surface area contributed by atoms with Crippen LogP contribution >= 0.6 is 0 Å². The van der Waals surface area contributed by atoms with Crippen LogP contribution in [-0.2, 0) is 4.74 Å². The highest BCUT2D eigenvalue weighted by Crippen LogP contribution is 2.19. The third-order valence-corrected chi connectivity index (χ3v) is 3.45. The molecule has 0 aliphatic rings. The van der Waals surface area contributed by atoms with Crippen LogP contribution in [0, 0.1) is 6.92 Å². The molecule has 0 aliphatic carbocycles. The number of hydrogen-bond acceptors (Lipinski definition) is 3. The minimum atomic E-state index is -0.504. The molecule has 26 heavy (non-hydrogen) atoms. The van der Waals surface area contributed by atoms with Gasteiger partial charge in [-0.15, -0.1) is 0 Å². The molecule has 0 N–H and O–H groups in total. The zero-order valence-electron chi connectivity index (χ0n) is 16.9. The monoisotopic (exact) mass is 354 g/mol. The highest BCUT2D eigenvalue weighted by Gasteiger charge is 2.20. The van der Waals surface area contributed by atoms with Gasteiger partial charge in [0.15, 0.2) is 0 Å². The second-order valence-corrected chi connectivity index (χ2v) is 6.64. The summed E-state index contributed by atoms with van der Waals surface area (Å²) in [4.78, 5) is 17.8. The lowest BCUT2D eigenvalue weighted by atomic mass is 10.1. The predicted molar refractivity (Wildman–Crippen MR) is 110 cm³/mol. The fraction of sp³-hybridized carbons (Fsp3) is 0.364. The molecule has 140 valence electrons. The molecule has 0 aliphatic heterocycles. The van der Waals surface area contributed by atoms with Crippen LogP contribution in [0.4, 0.5) is 10.5 Å². The maximum absolute atomic E-state index is 12.1. The van der Waals surface area contributed by atoms with Gasteiger partial charge < -0.3 is 4.74 Å². The highest BCUT2D eigenvalue weighted by atomic mass is 16.6. The lowest BCUT2D eigenvalue weighted by molar-refractivity contribution is 0.0589. The van der Waals surface area contributed by atoms with Crippen molar-refractivity contribution in [2.24, 2.45) is 0 Å². The molecule has 2 rings (SSSR count). The molecule has 1 aromatic heterocycles. The van der Waals surface area contributed by atoms with Crippen molar-refractivity contribution < 1.29 is 9.53 Å². The lowest BCUT2D eigenvalue weighted by Crippen LogP contribution is -2.34. The van der Waals surface area contributed by atoms with Gasteiger partial charge in [0.25, 0.3) is 0 Å². The summed E-state index contributed by atoms with van der Waals surface area (Å²) >= 11 is 0. The molecule has 1 heterocycles. The second-order valence-electron chi connectivity index (χ2n) is 6.64. The summed E-state index contributed by atoms with van der Waals surface area (Å²) in [5.41, 5.74) is 3.43. The van der Waals surface area contributed by atoms with Crippen LogP contribution in [0.1, 0.15) is 51.4 Å². The maximum Gasteiger partial charge on any atom is 0.414 e. The minimum absolute atomic E-state index is 0.364. The Morgan fingerprint density at radius 3 is 2.23 bits per heavy atom. The van der Waals surface area contributed by atoms with E-state index in [9.17, 15) is 4.79 Å². The molecule has 0 saturated carbocycles. The summed E-state index contributed by atoms with van der Waals surface area (Å²) in [6.07, 6.45) is 5.49. The van der Waals surface area contributed by atoms with Gasteiger partial charge >= 0.3 is 6.09 Å². The Kier molecular flexibility index (Phi) is 8.04. The van der Waals surface area contributed by atoms with Crippen molar-refractivity contribution in [1.29, 1.82) is 0 Å². The first kappa shape index (κ1) is 21.4. The summed E-state index contributed by atoms with van der Waals surface area (Å²) in [5.74, 6) is 0. The Morgan fingerprint density at radius 1 is 1.08 bits per heavy atom. The Balaban J connectivity index is 0.00000163. The fourth-order valence-corrected chi connectivity index (χ4v) is 2.10. The number of aromatic nitrogens is 1. The number of aryl methyl sites for hydroxylation is 1. The Morgan fingerprint density at radius 2 is 1.69 bits per heavy atom. The number of pyridine rings is 1. The lowest BCUT2D eigenvalue weighted by Gasteiger charge is -2.24. The first-order chi connectivity index (χ1) is 12.3. The van der Waals surface area contributed by atoms with Gasteiger partial charge in [-0.2, -0.15) is 0 Å². The van der Waals surface area contributed by atoms with Crippen LogP contribution < -0.4 is 4.90 Å². The number of nitrogens with zero attached hydrogens (tertiary/aromatic N) is 2. The third kappa shape index (κ3) is 6.71. The molecular formula is C22H30N2O2. The summed E-state index contributed by atoms with van der Waals surface area (Å²) < 4.78 is 5.37. The van der Waals surface area contributed by atoms with E-state index in [2.05, 4.69) is 4.98 Å². The summed E-state index contributed by atoms with van der Waals surface area (Å²) in [7, 11) is 1.71.